The van der Waals surface area contributed by atoms with Crippen LogP contribution in [0.4, 0.5) is 4.79 Å². The molecule has 22 heavy (non-hydrogen) atoms. The summed E-state index contributed by atoms with van der Waals surface area (Å²) in [5.74, 6) is -0.174. The number of rotatable bonds is 7. The molecule has 0 unspecified atom stereocenters. The largest absolute Gasteiger partial charge is 0.444 e. The number of alkyl carbamates (subject to hydrolysis) is 1. The lowest BCUT2D eigenvalue weighted by Gasteiger charge is -2.25. The molecule has 6 nitrogen and oxygen atoms in total. The Morgan fingerprint density at radius 3 is 2.00 bits per heavy atom. The summed E-state index contributed by atoms with van der Waals surface area (Å²) in [4.78, 5) is 35.2. The molecule has 0 aromatic carbocycles. The van der Waals surface area contributed by atoms with E-state index in [0.29, 0.717) is 12.7 Å². The Morgan fingerprint density at radius 2 is 1.64 bits per heavy atom. The van der Waals surface area contributed by atoms with Gasteiger partial charge in [-0.2, -0.15) is 0 Å². The van der Waals surface area contributed by atoms with E-state index in [-0.39, 0.29) is 17.7 Å². The SMILES string of the molecule is CC(C)C[C@@H](NC(=O)OC(C)(C)C)C(=O)N[C@@H](C=O)C(C)C. The number of carbonyl (C=O) groups is 3. The summed E-state index contributed by atoms with van der Waals surface area (Å²) in [6.45, 7) is 12.9. The summed E-state index contributed by atoms with van der Waals surface area (Å²) < 4.78 is 5.18. The van der Waals surface area contributed by atoms with Crippen LogP contribution in [0.25, 0.3) is 0 Å². The molecule has 0 aromatic rings. The normalized spacial score (nSPS) is 14.4. The van der Waals surface area contributed by atoms with Gasteiger partial charge in [0.2, 0.25) is 5.91 Å². The van der Waals surface area contributed by atoms with Crippen molar-refractivity contribution in [1.29, 1.82) is 0 Å². The molecule has 0 aliphatic heterocycles. The van der Waals surface area contributed by atoms with E-state index in [1.807, 2.05) is 27.7 Å². The third kappa shape index (κ3) is 8.64. The van der Waals surface area contributed by atoms with Crippen molar-refractivity contribution < 1.29 is 19.1 Å². The number of aldehydes is 1. The third-order valence-corrected chi connectivity index (χ3v) is 2.89. The summed E-state index contributed by atoms with van der Waals surface area (Å²) in [6.07, 6.45) is 0.539. The van der Waals surface area contributed by atoms with Crippen molar-refractivity contribution in [3.8, 4) is 0 Å². The van der Waals surface area contributed by atoms with Gasteiger partial charge in [-0.3, -0.25) is 4.79 Å². The molecule has 6 heteroatoms. The van der Waals surface area contributed by atoms with E-state index in [2.05, 4.69) is 10.6 Å². The van der Waals surface area contributed by atoms with E-state index in [4.69, 9.17) is 4.74 Å². The zero-order valence-corrected chi connectivity index (χ0v) is 14.7. The molecular weight excluding hydrogens is 284 g/mol. The second-order valence-electron chi connectivity index (χ2n) is 7.24. The third-order valence-electron chi connectivity index (χ3n) is 2.89. The van der Waals surface area contributed by atoms with Gasteiger partial charge in [-0.15, -0.1) is 0 Å². The molecule has 128 valence electrons. The van der Waals surface area contributed by atoms with Crippen molar-refractivity contribution in [2.75, 3.05) is 0 Å². The molecule has 2 N–H and O–H groups in total. The number of amides is 2. The van der Waals surface area contributed by atoms with Gasteiger partial charge in [0.15, 0.2) is 0 Å². The van der Waals surface area contributed by atoms with Gasteiger partial charge in [-0.25, -0.2) is 4.79 Å². The smallest absolute Gasteiger partial charge is 0.408 e. The molecule has 0 heterocycles. The van der Waals surface area contributed by atoms with Gasteiger partial charge >= 0.3 is 6.09 Å². The Morgan fingerprint density at radius 1 is 1.09 bits per heavy atom. The first-order chi connectivity index (χ1) is 9.96. The van der Waals surface area contributed by atoms with Crippen LogP contribution in [0.2, 0.25) is 0 Å². The lowest BCUT2D eigenvalue weighted by atomic mass is 10.0. The maximum absolute atomic E-state index is 12.3. The molecule has 2 amide bonds. The van der Waals surface area contributed by atoms with Crippen LogP contribution in [0, 0.1) is 11.8 Å². The highest BCUT2D eigenvalue weighted by Crippen LogP contribution is 2.10. The maximum atomic E-state index is 12.3. The molecule has 0 bridgehead atoms. The van der Waals surface area contributed by atoms with Gasteiger partial charge in [-0.05, 0) is 39.0 Å². The van der Waals surface area contributed by atoms with Crippen LogP contribution < -0.4 is 10.6 Å². The van der Waals surface area contributed by atoms with Gasteiger partial charge < -0.3 is 20.2 Å². The van der Waals surface area contributed by atoms with E-state index in [1.165, 1.54) is 0 Å². The van der Waals surface area contributed by atoms with Crippen molar-refractivity contribution in [2.24, 2.45) is 11.8 Å². The van der Waals surface area contributed by atoms with Gasteiger partial charge in [0.05, 0.1) is 6.04 Å². The maximum Gasteiger partial charge on any atom is 0.408 e. The average Bonchev–Trinajstić information content (AvgIpc) is 2.31. The summed E-state index contributed by atoms with van der Waals surface area (Å²) in [5, 5.41) is 5.25. The summed E-state index contributed by atoms with van der Waals surface area (Å²) >= 11 is 0. The average molecular weight is 314 g/mol. The summed E-state index contributed by atoms with van der Waals surface area (Å²) in [5.41, 5.74) is -0.633. The summed E-state index contributed by atoms with van der Waals surface area (Å²) in [6, 6.07) is -1.29. The molecule has 0 saturated heterocycles. The van der Waals surface area contributed by atoms with Crippen LogP contribution in [0.15, 0.2) is 0 Å². The van der Waals surface area contributed by atoms with Gasteiger partial charge in [-0.1, -0.05) is 27.7 Å². The lowest BCUT2D eigenvalue weighted by molar-refractivity contribution is -0.126. The second kappa shape index (κ2) is 8.76. The zero-order valence-electron chi connectivity index (χ0n) is 14.7. The molecule has 2 atom stereocenters. The van der Waals surface area contributed by atoms with Crippen molar-refractivity contribution in [1.82, 2.24) is 10.6 Å². The van der Waals surface area contributed by atoms with E-state index < -0.39 is 23.8 Å². The number of hydrogen-bond donors (Lipinski definition) is 2. The first kappa shape index (κ1) is 20.4. The first-order valence-electron chi connectivity index (χ1n) is 7.71. The van der Waals surface area contributed by atoms with E-state index in [0.717, 1.165) is 0 Å². The van der Waals surface area contributed by atoms with Crippen molar-refractivity contribution in [2.45, 2.75) is 72.6 Å². The number of hydrogen-bond acceptors (Lipinski definition) is 4. The first-order valence-corrected chi connectivity index (χ1v) is 7.71. The molecule has 0 saturated carbocycles. The fourth-order valence-corrected chi connectivity index (χ4v) is 1.78. The Kier molecular flexibility index (Phi) is 8.12. The Hall–Kier alpha value is -1.59. The molecule has 0 spiro atoms. The zero-order chi connectivity index (χ0) is 17.5. The van der Waals surface area contributed by atoms with E-state index in [9.17, 15) is 14.4 Å². The predicted octanol–water partition coefficient (Wildman–Crippen LogP) is 2.27. The van der Waals surface area contributed by atoms with Crippen molar-refractivity contribution >= 4 is 18.3 Å². The summed E-state index contributed by atoms with van der Waals surface area (Å²) in [7, 11) is 0. The molecular formula is C16H30N2O4. The van der Waals surface area contributed by atoms with Gasteiger partial charge in [0.25, 0.3) is 0 Å². The molecule has 0 rings (SSSR count). The standard InChI is InChI=1S/C16H30N2O4/c1-10(2)8-12(18-15(21)22-16(5,6)7)14(20)17-13(9-19)11(3)4/h9-13H,8H2,1-7H3,(H,17,20)(H,18,21)/t12-,13+/m1/s1. The van der Waals surface area contributed by atoms with Gasteiger partial charge in [0, 0.05) is 0 Å². The molecule has 0 fully saturated rings. The lowest BCUT2D eigenvalue weighted by Crippen LogP contribution is -2.52. The number of nitrogens with one attached hydrogen (secondary N) is 2. The molecule has 0 aliphatic carbocycles. The Bertz CT molecular complexity index is 386. The van der Waals surface area contributed by atoms with Crippen LogP contribution in [-0.4, -0.2) is 36.0 Å². The topological polar surface area (TPSA) is 84.5 Å². The minimum absolute atomic E-state index is 0.0114. The quantitative estimate of drug-likeness (QED) is 0.706. The Labute approximate surface area is 133 Å². The van der Waals surface area contributed by atoms with Crippen LogP contribution in [0.3, 0.4) is 0 Å². The molecule has 0 aliphatic rings. The van der Waals surface area contributed by atoms with Crippen LogP contribution >= 0.6 is 0 Å². The molecule has 0 aromatic heterocycles. The highest BCUT2D eigenvalue weighted by atomic mass is 16.6. The van der Waals surface area contributed by atoms with E-state index >= 15 is 0 Å². The predicted molar refractivity (Wildman–Crippen MR) is 85.4 cm³/mol. The second-order valence-corrected chi connectivity index (χ2v) is 7.24. The molecule has 0 radical (unpaired) electrons. The van der Waals surface area contributed by atoms with E-state index in [1.54, 1.807) is 20.8 Å². The van der Waals surface area contributed by atoms with Crippen molar-refractivity contribution in [3.05, 3.63) is 0 Å². The Balaban J connectivity index is 4.85. The fourth-order valence-electron chi connectivity index (χ4n) is 1.78. The number of ether oxygens (including phenoxy) is 1. The highest BCUT2D eigenvalue weighted by Gasteiger charge is 2.27. The monoisotopic (exact) mass is 314 g/mol. The van der Waals surface area contributed by atoms with Crippen molar-refractivity contribution in [3.63, 3.8) is 0 Å². The fraction of sp³-hybridized carbons (Fsp3) is 0.812. The minimum atomic E-state index is -0.726. The van der Waals surface area contributed by atoms with Crippen LogP contribution in [-0.2, 0) is 14.3 Å². The van der Waals surface area contributed by atoms with Crippen LogP contribution in [0.1, 0.15) is 54.9 Å². The highest BCUT2D eigenvalue weighted by molar-refractivity contribution is 5.87. The van der Waals surface area contributed by atoms with Gasteiger partial charge in [0.1, 0.15) is 17.9 Å². The minimum Gasteiger partial charge on any atom is -0.444 e. The number of carbonyl (C=O) groups excluding carboxylic acids is 3. The van der Waals surface area contributed by atoms with Crippen LogP contribution in [0.5, 0.6) is 0 Å².